The second-order valence-electron chi connectivity index (χ2n) is 14.5. The number of anilines is 1. The van der Waals surface area contributed by atoms with Crippen molar-refractivity contribution < 1.29 is 0 Å². The van der Waals surface area contributed by atoms with Crippen molar-refractivity contribution in [2.75, 3.05) is 5.73 Å². The van der Waals surface area contributed by atoms with Gasteiger partial charge in [0, 0.05) is 27.4 Å². The van der Waals surface area contributed by atoms with Crippen LogP contribution in [0.25, 0.3) is 71.5 Å². The number of benzene rings is 8. The summed E-state index contributed by atoms with van der Waals surface area (Å²) in [5.74, 6) is 0. The highest BCUT2D eigenvalue weighted by molar-refractivity contribution is 6.17. The van der Waals surface area contributed by atoms with E-state index < -0.39 is 0 Å². The zero-order valence-corrected chi connectivity index (χ0v) is 31.4. The minimum atomic E-state index is -0.360. The zero-order chi connectivity index (χ0) is 38.3. The second kappa shape index (κ2) is 14.3. The van der Waals surface area contributed by atoms with Crippen LogP contribution in [-0.4, -0.2) is 10.1 Å². The van der Waals surface area contributed by atoms with Gasteiger partial charge in [0.15, 0.2) is 0 Å². The molecule has 0 fully saturated rings. The molecule has 0 aliphatic heterocycles. The summed E-state index contributed by atoms with van der Waals surface area (Å²) in [5, 5.41) is 4.77. The molecule has 0 aliphatic rings. The van der Waals surface area contributed by atoms with Crippen LogP contribution in [0.5, 0.6) is 0 Å². The zero-order valence-electron chi connectivity index (χ0n) is 31.4. The van der Waals surface area contributed by atoms with Crippen LogP contribution in [0.4, 0.5) is 5.69 Å². The lowest BCUT2D eigenvalue weighted by molar-refractivity contribution is 0.877. The van der Waals surface area contributed by atoms with E-state index in [1.165, 1.54) is 32.8 Å². The van der Waals surface area contributed by atoms with E-state index in [4.69, 9.17) is 10.7 Å². The molecule has 0 bridgehead atoms. The molecule has 0 spiro atoms. The van der Waals surface area contributed by atoms with Crippen LogP contribution in [0.1, 0.15) is 22.7 Å². The minimum absolute atomic E-state index is 0.360. The molecule has 0 amide bonds. The molecular weight excluding hydrogens is 691 g/mol. The molecule has 10 aromatic rings. The highest BCUT2D eigenvalue weighted by atomic mass is 14.9. The maximum atomic E-state index is 7.08. The van der Waals surface area contributed by atoms with E-state index in [2.05, 4.69) is 199 Å². The lowest BCUT2D eigenvalue weighted by atomic mass is 9.88. The number of allylic oxidation sites excluding steroid dienone is 1. The number of rotatable bonds is 8. The molecular formula is C54H39N3. The summed E-state index contributed by atoms with van der Waals surface area (Å²) in [5.41, 5.74) is 21.9. The van der Waals surface area contributed by atoms with Crippen LogP contribution in [-0.2, 0) is 0 Å². The molecule has 10 rings (SSSR count). The van der Waals surface area contributed by atoms with Crippen LogP contribution in [0.3, 0.4) is 0 Å². The Kier molecular flexibility index (Phi) is 8.54. The van der Waals surface area contributed by atoms with Gasteiger partial charge in [-0.15, -0.1) is 0 Å². The van der Waals surface area contributed by atoms with Crippen molar-refractivity contribution in [2.24, 2.45) is 4.99 Å². The van der Waals surface area contributed by atoms with Crippen molar-refractivity contribution in [3.63, 3.8) is 0 Å². The predicted molar refractivity (Wildman–Crippen MR) is 242 cm³/mol. The molecule has 1 atom stereocenters. The predicted octanol–water partition coefficient (Wildman–Crippen LogP) is 13.7. The third-order valence-electron chi connectivity index (χ3n) is 11.3. The number of nitrogen functional groups attached to an aromatic ring is 1. The number of aromatic nitrogens is 1. The Morgan fingerprint density at radius 1 is 0.491 bits per heavy atom. The summed E-state index contributed by atoms with van der Waals surface area (Å²) < 4.78 is 2.39. The Bertz CT molecular complexity index is 3120. The maximum Gasteiger partial charge on any atom is 0.101 e. The van der Waals surface area contributed by atoms with Crippen LogP contribution in [0.15, 0.2) is 218 Å². The van der Waals surface area contributed by atoms with Crippen molar-refractivity contribution in [2.45, 2.75) is 6.04 Å². The fourth-order valence-electron chi connectivity index (χ4n) is 8.52. The van der Waals surface area contributed by atoms with Crippen molar-refractivity contribution in [1.29, 1.82) is 0 Å². The average Bonchev–Trinajstić information content (AvgIpc) is 3.68. The second-order valence-corrected chi connectivity index (χ2v) is 14.5. The van der Waals surface area contributed by atoms with E-state index in [-0.39, 0.29) is 6.04 Å². The van der Waals surface area contributed by atoms with Crippen molar-refractivity contribution in [3.05, 3.63) is 230 Å². The third kappa shape index (κ3) is 5.98. The SMILES string of the molecule is C=C/C(=N\C(c1ccc(-c2ccccc2)cc1)c1ccccc1-c1c(N)ccc2c1cc1c3ccccc3c3ccccc3n21)c1ccc(-c2ccccc2)cc1. The molecule has 0 saturated heterocycles. The molecule has 0 radical (unpaired) electrons. The van der Waals surface area contributed by atoms with Crippen LogP contribution >= 0.6 is 0 Å². The van der Waals surface area contributed by atoms with E-state index in [1.807, 2.05) is 18.2 Å². The fraction of sp³-hybridized carbons (Fsp3) is 0.0185. The van der Waals surface area contributed by atoms with Gasteiger partial charge in [-0.1, -0.05) is 183 Å². The van der Waals surface area contributed by atoms with E-state index in [0.717, 1.165) is 66.8 Å². The standard InChI is InChI=1S/C54H39N3/c1-2-49(40-29-25-38(26-30-40)36-15-5-3-6-16-36)56-54(41-31-27-39(28-32-41)37-17-7-4-8-18-37)46-23-12-11-22-45(46)53-47-35-52-44-21-10-9-19-42(44)43-20-13-14-24-50(43)57(52)51(47)34-33-48(53)55/h2-35,54H,1,55H2/b56-49+. The van der Waals surface area contributed by atoms with E-state index >= 15 is 0 Å². The number of hydrogen-bond acceptors (Lipinski definition) is 2. The lowest BCUT2D eigenvalue weighted by Crippen LogP contribution is -2.07. The molecule has 57 heavy (non-hydrogen) atoms. The van der Waals surface area contributed by atoms with E-state index in [0.29, 0.717) is 0 Å². The molecule has 2 N–H and O–H groups in total. The van der Waals surface area contributed by atoms with Crippen LogP contribution in [0.2, 0.25) is 0 Å². The monoisotopic (exact) mass is 729 g/mol. The maximum absolute atomic E-state index is 7.08. The number of nitrogens with two attached hydrogens (primary N) is 1. The van der Waals surface area contributed by atoms with Gasteiger partial charge in [-0.2, -0.15) is 0 Å². The Morgan fingerprint density at radius 3 is 1.68 bits per heavy atom. The summed E-state index contributed by atoms with van der Waals surface area (Å²) in [6, 6.07) is 70.5. The van der Waals surface area contributed by atoms with Gasteiger partial charge in [0.2, 0.25) is 0 Å². The van der Waals surface area contributed by atoms with Gasteiger partial charge in [0.05, 0.1) is 22.3 Å². The van der Waals surface area contributed by atoms with Gasteiger partial charge in [0.1, 0.15) is 6.04 Å². The minimum Gasteiger partial charge on any atom is -0.398 e. The number of nitrogens with zero attached hydrogens (tertiary/aromatic N) is 2. The normalized spacial score (nSPS) is 12.4. The topological polar surface area (TPSA) is 42.8 Å². The molecule has 3 heteroatoms. The average molecular weight is 730 g/mol. The van der Waals surface area contributed by atoms with E-state index in [9.17, 15) is 0 Å². The van der Waals surface area contributed by atoms with Gasteiger partial charge >= 0.3 is 0 Å². The van der Waals surface area contributed by atoms with Crippen molar-refractivity contribution in [3.8, 4) is 33.4 Å². The first-order valence-corrected chi connectivity index (χ1v) is 19.4. The molecule has 3 nitrogen and oxygen atoms in total. The Labute approximate surface area is 332 Å². The summed E-state index contributed by atoms with van der Waals surface area (Å²) >= 11 is 0. The van der Waals surface area contributed by atoms with Crippen molar-refractivity contribution >= 4 is 49.5 Å². The molecule has 1 unspecified atom stereocenters. The Hall–Kier alpha value is -7.49. The first-order chi connectivity index (χ1) is 28.2. The molecule has 2 heterocycles. The summed E-state index contributed by atoms with van der Waals surface area (Å²) in [4.78, 5) is 5.58. The van der Waals surface area contributed by atoms with Gasteiger partial charge in [0.25, 0.3) is 0 Å². The third-order valence-corrected chi connectivity index (χ3v) is 11.3. The molecule has 8 aromatic carbocycles. The van der Waals surface area contributed by atoms with Gasteiger partial charge in [-0.3, -0.25) is 4.99 Å². The summed E-state index contributed by atoms with van der Waals surface area (Å²) in [6.45, 7) is 4.27. The van der Waals surface area contributed by atoms with Gasteiger partial charge in [-0.25, -0.2) is 0 Å². The number of pyridine rings is 1. The highest BCUT2D eigenvalue weighted by Gasteiger charge is 2.23. The Balaban J connectivity index is 1.18. The van der Waals surface area contributed by atoms with Crippen LogP contribution in [0, 0.1) is 0 Å². The number of para-hydroxylation sites is 1. The van der Waals surface area contributed by atoms with Gasteiger partial charge in [-0.05, 0) is 80.2 Å². The Morgan fingerprint density at radius 2 is 1.02 bits per heavy atom. The van der Waals surface area contributed by atoms with Gasteiger partial charge < -0.3 is 10.1 Å². The fourth-order valence-corrected chi connectivity index (χ4v) is 8.52. The largest absolute Gasteiger partial charge is 0.398 e. The molecule has 2 aromatic heterocycles. The summed E-state index contributed by atoms with van der Waals surface area (Å²) in [7, 11) is 0. The lowest BCUT2D eigenvalue weighted by Gasteiger charge is -2.21. The van der Waals surface area contributed by atoms with Crippen molar-refractivity contribution in [1.82, 2.24) is 4.40 Å². The molecule has 270 valence electrons. The quantitative estimate of drug-likeness (QED) is 0.0944. The smallest absolute Gasteiger partial charge is 0.101 e. The highest BCUT2D eigenvalue weighted by Crippen LogP contribution is 2.44. The number of aliphatic imine (C=N–C) groups is 1. The van der Waals surface area contributed by atoms with Crippen LogP contribution < -0.4 is 5.73 Å². The number of fused-ring (bicyclic) bond motifs is 8. The molecule has 0 aliphatic carbocycles. The molecule has 0 saturated carbocycles. The van der Waals surface area contributed by atoms with E-state index in [1.54, 1.807) is 0 Å². The number of hydrogen-bond donors (Lipinski definition) is 1. The first kappa shape index (κ1) is 34.0. The summed E-state index contributed by atoms with van der Waals surface area (Å²) in [6.07, 6.45) is 1.87. The first-order valence-electron chi connectivity index (χ1n) is 19.4.